The van der Waals surface area contributed by atoms with Crippen LogP contribution in [-0.2, 0) is 4.79 Å². The molecule has 1 aromatic carbocycles. The Morgan fingerprint density at radius 1 is 1.10 bits per heavy atom. The van der Waals surface area contributed by atoms with E-state index in [0.717, 1.165) is 5.69 Å². The third-order valence-electron chi connectivity index (χ3n) is 2.68. The number of halogens is 1. The minimum Gasteiger partial charge on any atom is -0.339 e. The zero-order valence-corrected chi connectivity index (χ0v) is 12.9. The van der Waals surface area contributed by atoms with Crippen LogP contribution < -0.4 is 10.6 Å². The van der Waals surface area contributed by atoms with Crippen molar-refractivity contribution in [3.63, 3.8) is 0 Å². The van der Waals surface area contributed by atoms with Crippen molar-refractivity contribution in [1.82, 2.24) is 10.2 Å². The number of hydrogen-bond acceptors (Lipinski definition) is 4. The molecule has 0 aliphatic heterocycles. The van der Waals surface area contributed by atoms with E-state index < -0.39 is 5.41 Å². The van der Waals surface area contributed by atoms with Gasteiger partial charge in [0.2, 0.25) is 5.91 Å². The highest BCUT2D eigenvalue weighted by Gasteiger charge is 2.21. The van der Waals surface area contributed by atoms with Crippen LogP contribution in [0.15, 0.2) is 36.4 Å². The molecule has 2 aromatic rings. The molecule has 0 radical (unpaired) electrons. The quantitative estimate of drug-likeness (QED) is 0.903. The Hall–Kier alpha value is -2.14. The average molecular weight is 305 g/mol. The Kier molecular flexibility index (Phi) is 4.43. The van der Waals surface area contributed by atoms with Crippen LogP contribution in [0.2, 0.25) is 5.02 Å². The van der Waals surface area contributed by atoms with Gasteiger partial charge in [-0.3, -0.25) is 4.79 Å². The van der Waals surface area contributed by atoms with Crippen LogP contribution in [0, 0.1) is 5.41 Å². The van der Waals surface area contributed by atoms with Gasteiger partial charge in [-0.05, 0) is 30.3 Å². The molecule has 0 saturated heterocycles. The van der Waals surface area contributed by atoms with Crippen molar-refractivity contribution in [2.24, 2.45) is 5.41 Å². The molecule has 6 heteroatoms. The number of rotatable bonds is 3. The summed E-state index contributed by atoms with van der Waals surface area (Å²) in [5, 5.41) is 14.4. The lowest BCUT2D eigenvalue weighted by Crippen LogP contribution is -2.28. The molecule has 1 aromatic heterocycles. The molecule has 0 atom stereocenters. The zero-order valence-electron chi connectivity index (χ0n) is 12.1. The van der Waals surface area contributed by atoms with E-state index >= 15 is 0 Å². The summed E-state index contributed by atoms with van der Waals surface area (Å²) in [5.74, 6) is 0.893. The van der Waals surface area contributed by atoms with E-state index in [1.54, 1.807) is 24.3 Å². The van der Waals surface area contributed by atoms with Crippen LogP contribution in [0.5, 0.6) is 0 Å². The monoisotopic (exact) mass is 304 g/mol. The lowest BCUT2D eigenvalue weighted by molar-refractivity contribution is -0.123. The van der Waals surface area contributed by atoms with Gasteiger partial charge in [-0.1, -0.05) is 38.4 Å². The number of hydrogen-bond donors (Lipinski definition) is 2. The van der Waals surface area contributed by atoms with E-state index in [4.69, 9.17) is 11.6 Å². The van der Waals surface area contributed by atoms with Gasteiger partial charge in [-0.25, -0.2) is 0 Å². The Morgan fingerprint density at radius 2 is 1.76 bits per heavy atom. The fraction of sp³-hybridized carbons (Fsp3) is 0.267. The number of benzene rings is 1. The van der Waals surface area contributed by atoms with Crippen molar-refractivity contribution in [2.45, 2.75) is 20.8 Å². The molecule has 0 fully saturated rings. The molecule has 0 saturated carbocycles. The maximum absolute atomic E-state index is 11.8. The maximum atomic E-state index is 11.8. The van der Waals surface area contributed by atoms with Crippen LogP contribution in [0.1, 0.15) is 20.8 Å². The summed E-state index contributed by atoms with van der Waals surface area (Å²) in [6.07, 6.45) is 0. The van der Waals surface area contributed by atoms with Gasteiger partial charge in [0, 0.05) is 16.1 Å². The first-order chi connectivity index (χ1) is 9.84. The van der Waals surface area contributed by atoms with E-state index in [1.165, 1.54) is 0 Å². The number of anilines is 3. The second kappa shape index (κ2) is 6.10. The predicted molar refractivity (Wildman–Crippen MR) is 84.9 cm³/mol. The Morgan fingerprint density at radius 3 is 2.33 bits per heavy atom. The first-order valence-corrected chi connectivity index (χ1v) is 6.90. The molecule has 110 valence electrons. The van der Waals surface area contributed by atoms with Gasteiger partial charge in [0.15, 0.2) is 11.6 Å². The Bertz CT molecular complexity index is 635. The number of carbonyl (C=O) groups is 1. The van der Waals surface area contributed by atoms with Crippen molar-refractivity contribution in [1.29, 1.82) is 0 Å². The highest BCUT2D eigenvalue weighted by Crippen LogP contribution is 2.20. The normalized spacial score (nSPS) is 11.0. The topological polar surface area (TPSA) is 66.9 Å². The molecular weight excluding hydrogens is 288 g/mol. The van der Waals surface area contributed by atoms with E-state index in [0.29, 0.717) is 16.7 Å². The smallest absolute Gasteiger partial charge is 0.230 e. The molecule has 1 amide bonds. The molecule has 0 aliphatic carbocycles. The summed E-state index contributed by atoms with van der Waals surface area (Å²) in [4.78, 5) is 11.8. The van der Waals surface area contributed by atoms with Crippen molar-refractivity contribution in [3.05, 3.63) is 41.4 Å². The second-order valence-electron chi connectivity index (χ2n) is 5.64. The minimum atomic E-state index is -0.473. The molecular formula is C15H17ClN4O. The average Bonchev–Trinajstić information content (AvgIpc) is 2.40. The van der Waals surface area contributed by atoms with Crippen molar-refractivity contribution >= 4 is 34.8 Å². The molecule has 21 heavy (non-hydrogen) atoms. The van der Waals surface area contributed by atoms with Gasteiger partial charge in [0.25, 0.3) is 0 Å². The minimum absolute atomic E-state index is 0.104. The third-order valence-corrected chi connectivity index (χ3v) is 2.92. The van der Waals surface area contributed by atoms with E-state index in [1.807, 2.05) is 32.9 Å². The highest BCUT2D eigenvalue weighted by molar-refractivity contribution is 6.30. The lowest BCUT2D eigenvalue weighted by atomic mass is 9.96. The van der Waals surface area contributed by atoms with E-state index in [-0.39, 0.29) is 5.91 Å². The summed E-state index contributed by atoms with van der Waals surface area (Å²) in [7, 11) is 0. The summed E-state index contributed by atoms with van der Waals surface area (Å²) in [6, 6.07) is 10.7. The Balaban J connectivity index is 2.04. The largest absolute Gasteiger partial charge is 0.339 e. The molecule has 0 aliphatic rings. The van der Waals surface area contributed by atoms with E-state index in [9.17, 15) is 4.79 Å². The molecule has 1 heterocycles. The van der Waals surface area contributed by atoms with Gasteiger partial charge in [0.05, 0.1) is 0 Å². The molecule has 0 unspecified atom stereocenters. The van der Waals surface area contributed by atoms with Gasteiger partial charge >= 0.3 is 0 Å². The standard InChI is InChI=1S/C15H17ClN4O/c1-15(2,3)14(21)18-13-8-7-12(19-20-13)17-11-6-4-5-10(16)9-11/h4-9H,1-3H3,(H,17,19)(H,18,20,21). The maximum Gasteiger partial charge on any atom is 0.230 e. The van der Waals surface area contributed by atoms with Crippen LogP contribution in [0.3, 0.4) is 0 Å². The molecule has 2 N–H and O–H groups in total. The van der Waals surface area contributed by atoms with Gasteiger partial charge in [-0.2, -0.15) is 0 Å². The van der Waals surface area contributed by atoms with Crippen molar-refractivity contribution < 1.29 is 4.79 Å². The van der Waals surface area contributed by atoms with Crippen molar-refractivity contribution in [3.8, 4) is 0 Å². The summed E-state index contributed by atoms with van der Waals surface area (Å²) >= 11 is 5.91. The highest BCUT2D eigenvalue weighted by atomic mass is 35.5. The van der Waals surface area contributed by atoms with Gasteiger partial charge in [0.1, 0.15) is 0 Å². The first kappa shape index (κ1) is 15.3. The van der Waals surface area contributed by atoms with Crippen LogP contribution >= 0.6 is 11.6 Å². The second-order valence-corrected chi connectivity index (χ2v) is 6.08. The molecule has 0 bridgehead atoms. The predicted octanol–water partition coefficient (Wildman–Crippen LogP) is 3.86. The number of nitrogens with zero attached hydrogens (tertiary/aromatic N) is 2. The fourth-order valence-electron chi connectivity index (χ4n) is 1.48. The first-order valence-electron chi connectivity index (χ1n) is 6.52. The summed E-state index contributed by atoms with van der Waals surface area (Å²) < 4.78 is 0. The van der Waals surface area contributed by atoms with Crippen molar-refractivity contribution in [2.75, 3.05) is 10.6 Å². The summed E-state index contributed by atoms with van der Waals surface area (Å²) in [6.45, 7) is 5.51. The lowest BCUT2D eigenvalue weighted by Gasteiger charge is -2.16. The molecule has 5 nitrogen and oxygen atoms in total. The van der Waals surface area contributed by atoms with Crippen LogP contribution in [0.4, 0.5) is 17.3 Å². The van der Waals surface area contributed by atoms with Gasteiger partial charge < -0.3 is 10.6 Å². The van der Waals surface area contributed by atoms with Crippen LogP contribution in [0.25, 0.3) is 0 Å². The third kappa shape index (κ3) is 4.43. The zero-order chi connectivity index (χ0) is 15.5. The molecule has 0 spiro atoms. The number of amides is 1. The number of carbonyl (C=O) groups excluding carboxylic acids is 1. The van der Waals surface area contributed by atoms with E-state index in [2.05, 4.69) is 20.8 Å². The molecule has 2 rings (SSSR count). The van der Waals surface area contributed by atoms with Crippen LogP contribution in [-0.4, -0.2) is 16.1 Å². The number of nitrogens with one attached hydrogen (secondary N) is 2. The fourth-order valence-corrected chi connectivity index (χ4v) is 1.67. The summed E-state index contributed by atoms with van der Waals surface area (Å²) in [5.41, 5.74) is 0.350. The Labute approximate surface area is 128 Å². The van der Waals surface area contributed by atoms with Gasteiger partial charge in [-0.15, -0.1) is 10.2 Å². The number of aromatic nitrogens is 2. The SMILES string of the molecule is CC(C)(C)C(=O)Nc1ccc(Nc2cccc(Cl)c2)nn1.